The van der Waals surface area contributed by atoms with Crippen LogP contribution in [0.15, 0.2) is 29.4 Å². The van der Waals surface area contributed by atoms with Crippen LogP contribution in [0.1, 0.15) is 16.2 Å². The van der Waals surface area contributed by atoms with Gasteiger partial charge in [0, 0.05) is 37.2 Å². The molecular formula is C15H16Br3ClN4O4S. The van der Waals surface area contributed by atoms with Gasteiger partial charge in [-0.3, -0.25) is 9.36 Å². The van der Waals surface area contributed by atoms with Crippen LogP contribution in [0, 0.1) is 0 Å². The SMILES string of the molecule is COCCNC(=O)c1ccc(-n2c(CCCl)nnc2S(=O)(=O)C(Br)(Br)Br)cc1. The first kappa shape index (κ1) is 23.7. The Bertz CT molecular complexity index is 930. The molecule has 0 aliphatic rings. The highest BCUT2D eigenvalue weighted by atomic mass is 80.0. The van der Waals surface area contributed by atoms with Gasteiger partial charge in [-0.05, 0) is 72.1 Å². The van der Waals surface area contributed by atoms with E-state index in [4.69, 9.17) is 16.3 Å². The molecule has 1 aromatic heterocycles. The molecule has 1 amide bonds. The van der Waals surface area contributed by atoms with Crippen molar-refractivity contribution < 1.29 is 17.9 Å². The lowest BCUT2D eigenvalue weighted by atomic mass is 10.2. The van der Waals surface area contributed by atoms with Gasteiger partial charge in [-0.25, -0.2) is 8.42 Å². The molecule has 1 N–H and O–H groups in total. The van der Waals surface area contributed by atoms with Crippen molar-refractivity contribution in [2.45, 2.75) is 13.1 Å². The van der Waals surface area contributed by atoms with Crippen molar-refractivity contribution >= 4 is 75.1 Å². The van der Waals surface area contributed by atoms with E-state index < -0.39 is 11.3 Å². The zero-order valence-corrected chi connectivity index (χ0v) is 20.9. The summed E-state index contributed by atoms with van der Waals surface area (Å²) in [7, 11) is -2.44. The predicted molar refractivity (Wildman–Crippen MR) is 117 cm³/mol. The predicted octanol–water partition coefficient (Wildman–Crippen LogP) is 2.99. The number of aromatic nitrogens is 3. The van der Waals surface area contributed by atoms with E-state index in [9.17, 15) is 13.2 Å². The molecule has 0 aliphatic carbocycles. The third kappa shape index (κ3) is 5.33. The van der Waals surface area contributed by atoms with Crippen LogP contribution in [0.5, 0.6) is 0 Å². The minimum atomic E-state index is -3.99. The van der Waals surface area contributed by atoms with E-state index in [0.717, 1.165) is 0 Å². The maximum atomic E-state index is 12.8. The summed E-state index contributed by atoms with van der Waals surface area (Å²) in [5.74, 6) is 0.351. The molecule has 0 saturated carbocycles. The first-order valence-corrected chi connectivity index (χ1v) is 12.2. The van der Waals surface area contributed by atoms with Crippen LogP contribution in [0.25, 0.3) is 5.69 Å². The van der Waals surface area contributed by atoms with Crippen molar-refractivity contribution in [3.8, 4) is 5.69 Å². The molecule has 2 rings (SSSR count). The van der Waals surface area contributed by atoms with Crippen LogP contribution in [-0.2, 0) is 21.0 Å². The number of carbonyl (C=O) groups is 1. The van der Waals surface area contributed by atoms with E-state index in [1.807, 2.05) is 0 Å². The number of alkyl halides is 4. The van der Waals surface area contributed by atoms with Gasteiger partial charge in [-0.1, -0.05) is 0 Å². The molecule has 2 aromatic rings. The molecular weight excluding hydrogens is 607 g/mol. The second-order valence-corrected chi connectivity index (χ2v) is 16.1. The van der Waals surface area contributed by atoms with Gasteiger partial charge in [-0.15, -0.1) is 21.8 Å². The van der Waals surface area contributed by atoms with Gasteiger partial charge in [0.15, 0.2) is 0 Å². The van der Waals surface area contributed by atoms with E-state index >= 15 is 0 Å². The van der Waals surface area contributed by atoms with Crippen molar-refractivity contribution in [3.63, 3.8) is 0 Å². The number of halogens is 4. The Morgan fingerprint density at radius 2 is 1.89 bits per heavy atom. The zero-order valence-electron chi connectivity index (χ0n) is 14.5. The molecule has 0 saturated heterocycles. The van der Waals surface area contributed by atoms with Gasteiger partial charge in [0.05, 0.1) is 6.61 Å². The number of aryl methyl sites for hydroxylation is 1. The van der Waals surface area contributed by atoms with E-state index in [2.05, 4.69) is 63.3 Å². The molecule has 28 heavy (non-hydrogen) atoms. The molecule has 1 heterocycles. The zero-order chi connectivity index (χ0) is 20.9. The molecule has 0 radical (unpaired) electrons. The monoisotopic (exact) mass is 620 g/mol. The standard InChI is InChI=1S/C15H16Br3ClN4O4S/c1-27-9-8-20-13(24)10-2-4-11(5-3-10)23-12(6-7-19)21-22-14(23)28(25,26)15(16,17)18/h2-5H,6-9H2,1H3,(H,20,24). The van der Waals surface area contributed by atoms with Gasteiger partial charge in [-0.2, -0.15) is 0 Å². The second kappa shape index (κ2) is 9.98. The van der Waals surface area contributed by atoms with Crippen molar-refractivity contribution in [1.82, 2.24) is 20.1 Å². The largest absolute Gasteiger partial charge is 0.383 e. The normalized spacial score (nSPS) is 12.2. The summed E-state index contributed by atoms with van der Waals surface area (Å²) in [5, 5.41) is 10.2. The highest BCUT2D eigenvalue weighted by molar-refractivity contribution is 9.42. The quantitative estimate of drug-likeness (QED) is 0.359. The van der Waals surface area contributed by atoms with Crippen LogP contribution in [-0.4, -0.2) is 56.7 Å². The van der Waals surface area contributed by atoms with Crippen LogP contribution in [0.3, 0.4) is 0 Å². The number of benzene rings is 1. The Balaban J connectivity index is 2.44. The fourth-order valence-corrected chi connectivity index (χ4v) is 4.49. The summed E-state index contributed by atoms with van der Waals surface area (Å²) in [5.41, 5.74) is 0.904. The molecule has 13 heteroatoms. The number of ether oxygens (including phenoxy) is 1. The lowest BCUT2D eigenvalue weighted by Gasteiger charge is -2.15. The number of amides is 1. The third-order valence-corrected chi connectivity index (χ3v) is 8.92. The fourth-order valence-electron chi connectivity index (χ4n) is 2.21. The summed E-state index contributed by atoms with van der Waals surface area (Å²) in [6, 6.07) is 6.40. The highest BCUT2D eigenvalue weighted by Gasteiger charge is 2.42. The summed E-state index contributed by atoms with van der Waals surface area (Å²) in [4.78, 5) is 12.1. The number of hydrogen-bond acceptors (Lipinski definition) is 6. The summed E-state index contributed by atoms with van der Waals surface area (Å²) in [6.07, 6.45) is 0.309. The Kier molecular flexibility index (Phi) is 8.47. The molecule has 0 spiro atoms. The van der Waals surface area contributed by atoms with Crippen molar-refractivity contribution in [1.29, 1.82) is 0 Å². The fraction of sp³-hybridized carbons (Fsp3) is 0.400. The minimum absolute atomic E-state index is 0.236. The molecule has 0 aliphatic heterocycles. The molecule has 0 atom stereocenters. The van der Waals surface area contributed by atoms with Gasteiger partial charge >= 0.3 is 0 Å². The number of rotatable bonds is 8. The number of carbonyl (C=O) groups excluding carboxylic acids is 1. The Morgan fingerprint density at radius 3 is 2.43 bits per heavy atom. The summed E-state index contributed by atoms with van der Waals surface area (Å²) < 4.78 is 30.3. The van der Waals surface area contributed by atoms with Crippen LogP contribution >= 0.6 is 59.4 Å². The summed E-state index contributed by atoms with van der Waals surface area (Å²) in [6.45, 7) is 0.787. The summed E-state index contributed by atoms with van der Waals surface area (Å²) >= 11 is 14.9. The molecule has 0 fully saturated rings. The number of nitrogens with one attached hydrogen (secondary N) is 1. The van der Waals surface area contributed by atoms with Crippen LogP contribution in [0.4, 0.5) is 0 Å². The number of methoxy groups -OCH3 is 1. The number of hydrogen-bond donors (Lipinski definition) is 1. The number of sulfone groups is 1. The Hall–Kier alpha value is -0.530. The molecule has 1 aromatic carbocycles. The first-order valence-electron chi connectivity index (χ1n) is 7.82. The average molecular weight is 624 g/mol. The van der Waals surface area contributed by atoms with Gasteiger partial charge in [0.1, 0.15) is 5.82 Å². The second-order valence-electron chi connectivity index (χ2n) is 5.42. The van der Waals surface area contributed by atoms with Crippen LogP contribution < -0.4 is 5.32 Å². The average Bonchev–Trinajstić information content (AvgIpc) is 3.05. The van der Waals surface area contributed by atoms with Crippen molar-refractivity contribution in [3.05, 3.63) is 35.7 Å². The van der Waals surface area contributed by atoms with Gasteiger partial charge in [0.2, 0.25) is 11.3 Å². The lowest BCUT2D eigenvalue weighted by Crippen LogP contribution is -2.27. The smallest absolute Gasteiger partial charge is 0.257 e. The highest BCUT2D eigenvalue weighted by Crippen LogP contribution is 2.43. The molecule has 154 valence electrons. The van der Waals surface area contributed by atoms with Gasteiger partial charge in [0.25, 0.3) is 11.1 Å². The van der Waals surface area contributed by atoms with E-state index in [1.165, 1.54) is 4.57 Å². The first-order chi connectivity index (χ1) is 13.1. The Labute approximate surface area is 192 Å². The minimum Gasteiger partial charge on any atom is -0.383 e. The van der Waals surface area contributed by atoms with Gasteiger partial charge < -0.3 is 10.1 Å². The van der Waals surface area contributed by atoms with E-state index in [-0.39, 0.29) is 16.9 Å². The molecule has 0 unspecified atom stereocenters. The Morgan fingerprint density at radius 1 is 1.25 bits per heavy atom. The van der Waals surface area contributed by atoms with Crippen molar-refractivity contribution in [2.24, 2.45) is 0 Å². The van der Waals surface area contributed by atoms with Crippen LogP contribution in [0.2, 0.25) is 0 Å². The molecule has 0 bridgehead atoms. The third-order valence-electron chi connectivity index (χ3n) is 3.54. The number of nitrogens with zero attached hydrogens (tertiary/aromatic N) is 3. The van der Waals surface area contributed by atoms with E-state index in [1.54, 1.807) is 31.4 Å². The molecule has 8 nitrogen and oxygen atoms in total. The maximum Gasteiger partial charge on any atom is 0.257 e. The van der Waals surface area contributed by atoms with E-state index in [0.29, 0.717) is 36.6 Å². The van der Waals surface area contributed by atoms with Crippen molar-refractivity contribution in [2.75, 3.05) is 26.1 Å². The lowest BCUT2D eigenvalue weighted by molar-refractivity contribution is 0.0937. The maximum absolute atomic E-state index is 12.8. The topological polar surface area (TPSA) is 103 Å².